The Kier molecular flexibility index (Phi) is 4.53. The Balaban J connectivity index is 1.45. The largest absolute Gasteiger partial charge is 0.443 e. The molecule has 0 spiro atoms. The number of rotatable bonds is 6. The number of urea groups is 1. The highest BCUT2D eigenvalue weighted by molar-refractivity contribution is 7.13. The number of oxazole rings is 1. The third-order valence-electron chi connectivity index (χ3n) is 4.71. The number of carbonyl (C=O) groups excluding carboxylic acids is 2. The predicted molar refractivity (Wildman–Crippen MR) is 102 cm³/mol. The highest BCUT2D eigenvalue weighted by Gasteiger charge is 2.47. The Morgan fingerprint density at radius 3 is 2.74 bits per heavy atom. The second-order valence-corrected chi connectivity index (χ2v) is 7.71. The first kappa shape index (κ1) is 17.5. The quantitative estimate of drug-likeness (QED) is 0.658. The van der Waals surface area contributed by atoms with E-state index >= 15 is 0 Å². The van der Waals surface area contributed by atoms with E-state index in [9.17, 15) is 9.59 Å². The first-order valence-corrected chi connectivity index (χ1v) is 9.59. The Hall–Kier alpha value is -2.93. The van der Waals surface area contributed by atoms with Crippen LogP contribution in [0.25, 0.3) is 10.8 Å². The fraction of sp³-hybridized carbons (Fsp3) is 0.250. The van der Waals surface area contributed by atoms with E-state index in [0.29, 0.717) is 24.4 Å². The number of nitrogens with zero attached hydrogens (tertiary/aromatic N) is 2. The minimum Gasteiger partial charge on any atom is -0.443 e. The molecule has 0 unspecified atom stereocenters. The number of aromatic nitrogens is 1. The molecule has 0 radical (unpaired) electrons. The van der Waals surface area contributed by atoms with Crippen LogP contribution in [0.1, 0.15) is 24.6 Å². The third kappa shape index (κ3) is 3.50. The van der Waals surface area contributed by atoms with E-state index in [4.69, 9.17) is 4.42 Å². The van der Waals surface area contributed by atoms with Crippen molar-refractivity contribution < 1.29 is 14.0 Å². The molecule has 1 fully saturated rings. The molecule has 2 aromatic heterocycles. The monoisotopic (exact) mass is 381 g/mol. The number of benzene rings is 1. The molecule has 0 bridgehead atoms. The smallest absolute Gasteiger partial charge is 0.325 e. The molecule has 27 heavy (non-hydrogen) atoms. The molecule has 1 aromatic carbocycles. The highest BCUT2D eigenvalue weighted by atomic mass is 32.1. The maximum absolute atomic E-state index is 12.9. The molecule has 3 heterocycles. The number of carbonyl (C=O) groups is 2. The van der Waals surface area contributed by atoms with Crippen molar-refractivity contribution in [3.63, 3.8) is 0 Å². The van der Waals surface area contributed by atoms with Gasteiger partial charge in [0, 0.05) is 0 Å². The number of nitrogens with one attached hydrogen (secondary N) is 1. The van der Waals surface area contributed by atoms with Crippen molar-refractivity contribution in [1.82, 2.24) is 15.2 Å². The van der Waals surface area contributed by atoms with Crippen molar-refractivity contribution in [2.75, 3.05) is 0 Å². The van der Waals surface area contributed by atoms with Gasteiger partial charge in [-0.05, 0) is 36.8 Å². The zero-order chi connectivity index (χ0) is 18.9. The van der Waals surface area contributed by atoms with Crippen LogP contribution in [0.2, 0.25) is 0 Å². The van der Waals surface area contributed by atoms with E-state index < -0.39 is 11.6 Å². The predicted octanol–water partition coefficient (Wildman–Crippen LogP) is 3.85. The molecule has 1 saturated heterocycles. The summed E-state index contributed by atoms with van der Waals surface area (Å²) in [5, 5.41) is 4.78. The Morgan fingerprint density at radius 2 is 2.00 bits per heavy atom. The number of hydrogen-bond acceptors (Lipinski definition) is 5. The fourth-order valence-electron chi connectivity index (χ4n) is 3.15. The van der Waals surface area contributed by atoms with Gasteiger partial charge in [0.1, 0.15) is 11.8 Å². The summed E-state index contributed by atoms with van der Waals surface area (Å²) >= 11 is 1.52. The van der Waals surface area contributed by atoms with Gasteiger partial charge < -0.3 is 9.73 Å². The van der Waals surface area contributed by atoms with E-state index in [-0.39, 0.29) is 12.5 Å². The number of amides is 3. The van der Waals surface area contributed by atoms with E-state index in [0.717, 1.165) is 10.4 Å². The molecule has 0 aliphatic carbocycles. The van der Waals surface area contributed by atoms with Gasteiger partial charge in [-0.3, -0.25) is 9.69 Å². The van der Waals surface area contributed by atoms with Crippen LogP contribution in [0, 0.1) is 0 Å². The summed E-state index contributed by atoms with van der Waals surface area (Å²) < 4.78 is 5.48. The second-order valence-electron chi connectivity index (χ2n) is 6.76. The van der Waals surface area contributed by atoms with Gasteiger partial charge in [-0.15, -0.1) is 11.3 Å². The van der Waals surface area contributed by atoms with Gasteiger partial charge >= 0.3 is 6.03 Å². The zero-order valence-corrected chi connectivity index (χ0v) is 15.7. The van der Waals surface area contributed by atoms with Gasteiger partial charge in [-0.1, -0.05) is 36.4 Å². The van der Waals surface area contributed by atoms with Crippen molar-refractivity contribution in [3.8, 4) is 10.8 Å². The topological polar surface area (TPSA) is 75.4 Å². The van der Waals surface area contributed by atoms with E-state index in [2.05, 4.69) is 10.3 Å². The summed E-state index contributed by atoms with van der Waals surface area (Å²) in [6.07, 6.45) is 2.75. The summed E-state index contributed by atoms with van der Waals surface area (Å²) in [6, 6.07) is 13.4. The standard InChI is InChI=1S/C20H19N3O3S/c1-20(10-9-14-6-3-2-4-7-14)18(24)23(19(25)22-20)12-15-13-26-17(21-15)16-8-5-11-27-16/h2-8,11,13H,9-10,12H2,1H3,(H,22,25)/t20-/m1/s1. The van der Waals surface area contributed by atoms with Gasteiger partial charge in [0.05, 0.1) is 17.1 Å². The average Bonchev–Trinajstić information content (AvgIpc) is 3.39. The van der Waals surface area contributed by atoms with Crippen molar-refractivity contribution in [1.29, 1.82) is 0 Å². The van der Waals surface area contributed by atoms with Crippen molar-refractivity contribution in [2.45, 2.75) is 31.8 Å². The van der Waals surface area contributed by atoms with Crippen molar-refractivity contribution >= 4 is 23.3 Å². The van der Waals surface area contributed by atoms with Gasteiger partial charge in [0.15, 0.2) is 0 Å². The molecular weight excluding hydrogens is 362 g/mol. The molecule has 0 saturated carbocycles. The van der Waals surface area contributed by atoms with Crippen molar-refractivity contribution in [2.24, 2.45) is 0 Å². The molecule has 1 atom stereocenters. The number of imide groups is 1. The molecule has 1 N–H and O–H groups in total. The maximum Gasteiger partial charge on any atom is 0.325 e. The summed E-state index contributed by atoms with van der Waals surface area (Å²) in [4.78, 5) is 31.8. The minimum absolute atomic E-state index is 0.0977. The average molecular weight is 381 g/mol. The Labute approximate surface area is 160 Å². The van der Waals surface area contributed by atoms with E-state index in [1.807, 2.05) is 47.8 Å². The van der Waals surface area contributed by atoms with Crippen LogP contribution in [-0.2, 0) is 17.8 Å². The lowest BCUT2D eigenvalue weighted by molar-refractivity contribution is -0.131. The van der Waals surface area contributed by atoms with E-state index in [1.54, 1.807) is 6.92 Å². The minimum atomic E-state index is -0.909. The van der Waals surface area contributed by atoms with Crippen molar-refractivity contribution in [3.05, 3.63) is 65.4 Å². The summed E-state index contributed by atoms with van der Waals surface area (Å²) in [5.74, 6) is 0.267. The first-order chi connectivity index (χ1) is 13.0. The molecule has 138 valence electrons. The first-order valence-electron chi connectivity index (χ1n) is 8.71. The van der Waals surface area contributed by atoms with Crippen LogP contribution in [0.5, 0.6) is 0 Å². The van der Waals surface area contributed by atoms with Crippen LogP contribution in [0.4, 0.5) is 4.79 Å². The number of hydrogen-bond donors (Lipinski definition) is 1. The van der Waals surface area contributed by atoms with Crippen LogP contribution >= 0.6 is 11.3 Å². The van der Waals surface area contributed by atoms with Gasteiger partial charge in [-0.25, -0.2) is 9.78 Å². The van der Waals surface area contributed by atoms with Crippen LogP contribution < -0.4 is 5.32 Å². The normalized spacial score (nSPS) is 19.5. The molecule has 1 aliphatic rings. The zero-order valence-electron chi connectivity index (χ0n) is 14.8. The molecule has 1 aliphatic heterocycles. The summed E-state index contributed by atoms with van der Waals surface area (Å²) in [7, 11) is 0. The van der Waals surface area contributed by atoms with Crippen LogP contribution in [0.15, 0.2) is 58.5 Å². The molecule has 6 nitrogen and oxygen atoms in total. The van der Waals surface area contributed by atoms with Crippen LogP contribution in [0.3, 0.4) is 0 Å². The summed E-state index contributed by atoms with van der Waals surface area (Å²) in [6.45, 7) is 1.87. The third-order valence-corrected chi connectivity index (χ3v) is 5.56. The molecule has 3 amide bonds. The number of thiophene rings is 1. The number of aryl methyl sites for hydroxylation is 1. The lowest BCUT2D eigenvalue weighted by atomic mass is 9.93. The molecule has 7 heteroatoms. The second kappa shape index (κ2) is 7.00. The Bertz CT molecular complexity index is 952. The van der Waals surface area contributed by atoms with Gasteiger partial charge in [-0.2, -0.15) is 0 Å². The van der Waals surface area contributed by atoms with Crippen LogP contribution in [-0.4, -0.2) is 27.4 Å². The molecule has 4 rings (SSSR count). The maximum atomic E-state index is 12.9. The fourth-order valence-corrected chi connectivity index (χ4v) is 3.81. The Morgan fingerprint density at radius 1 is 1.19 bits per heavy atom. The van der Waals surface area contributed by atoms with E-state index in [1.165, 1.54) is 22.5 Å². The SMILES string of the molecule is C[C@]1(CCc2ccccc2)NC(=O)N(Cc2coc(-c3cccs3)n2)C1=O. The molecular formula is C20H19N3O3S. The summed E-state index contributed by atoms with van der Waals surface area (Å²) in [5.41, 5.74) is 0.776. The van der Waals surface area contributed by atoms with Gasteiger partial charge in [0.25, 0.3) is 5.91 Å². The molecule has 3 aromatic rings. The highest BCUT2D eigenvalue weighted by Crippen LogP contribution is 2.27. The van der Waals surface area contributed by atoms with Gasteiger partial charge in [0.2, 0.25) is 5.89 Å². The lowest BCUT2D eigenvalue weighted by Crippen LogP contribution is -2.44. The lowest BCUT2D eigenvalue weighted by Gasteiger charge is -2.21.